The molecule has 0 aliphatic rings. The molecule has 2 aromatic heterocycles. The number of hydrogen-bond acceptors (Lipinski definition) is 3. The van der Waals surface area contributed by atoms with Crippen molar-refractivity contribution in [1.82, 2.24) is 14.6 Å². The molecule has 4 rings (SSSR count). The quantitative estimate of drug-likeness (QED) is 0.479. The molecule has 0 aliphatic heterocycles. The van der Waals surface area contributed by atoms with Crippen molar-refractivity contribution in [2.75, 3.05) is 5.73 Å². The third kappa shape index (κ3) is 3.11. The van der Waals surface area contributed by atoms with E-state index in [1.807, 2.05) is 0 Å². The van der Waals surface area contributed by atoms with Gasteiger partial charge in [0, 0.05) is 22.3 Å². The predicted octanol–water partition coefficient (Wildman–Crippen LogP) is 4.61. The molecule has 0 aliphatic carbocycles. The maximum atomic E-state index is 13.6. The van der Waals surface area contributed by atoms with Crippen LogP contribution in [-0.2, 0) is 6.18 Å². The van der Waals surface area contributed by atoms with Gasteiger partial charge in [0.2, 0.25) is 0 Å². The summed E-state index contributed by atoms with van der Waals surface area (Å²) >= 11 is 5.85. The Bertz CT molecular complexity index is 1240. The maximum absolute atomic E-state index is 13.6. The Morgan fingerprint density at radius 1 is 1.04 bits per heavy atom. The van der Waals surface area contributed by atoms with E-state index in [4.69, 9.17) is 17.3 Å². The zero-order valence-corrected chi connectivity index (χ0v) is 14.8. The maximum Gasteiger partial charge on any atom is 0.435 e. The molecule has 2 aromatic carbocycles. The number of alkyl halides is 3. The van der Waals surface area contributed by atoms with E-state index in [1.54, 1.807) is 24.3 Å². The molecule has 142 valence electrons. The van der Waals surface area contributed by atoms with Gasteiger partial charge in [-0.05, 0) is 29.8 Å². The molecule has 0 fully saturated rings. The van der Waals surface area contributed by atoms with Crippen molar-refractivity contribution >= 4 is 22.9 Å². The van der Waals surface area contributed by atoms with Crippen molar-refractivity contribution in [2.24, 2.45) is 0 Å². The van der Waals surface area contributed by atoms with Crippen LogP contribution in [0.25, 0.3) is 28.0 Å². The predicted molar refractivity (Wildman–Crippen MR) is 101 cm³/mol. The number of benzene rings is 2. The minimum Gasteiger partial charge on any atom is -0.399 e. The summed E-state index contributed by atoms with van der Waals surface area (Å²) < 4.78 is 41.6. The van der Waals surface area contributed by atoms with Crippen LogP contribution in [-0.4, -0.2) is 14.6 Å². The number of nitrogen functional groups attached to an aromatic ring is 1. The molecule has 0 bridgehead atoms. The van der Waals surface area contributed by atoms with Gasteiger partial charge >= 0.3 is 6.18 Å². The van der Waals surface area contributed by atoms with E-state index < -0.39 is 17.4 Å². The lowest BCUT2D eigenvalue weighted by Crippen LogP contribution is -2.15. The molecule has 4 aromatic rings. The molecule has 0 radical (unpaired) electrons. The lowest BCUT2D eigenvalue weighted by Gasteiger charge is -2.08. The van der Waals surface area contributed by atoms with Crippen LogP contribution < -0.4 is 11.3 Å². The van der Waals surface area contributed by atoms with Crippen LogP contribution in [0.4, 0.5) is 18.9 Å². The van der Waals surface area contributed by atoms with Crippen LogP contribution in [0.2, 0.25) is 5.02 Å². The summed E-state index contributed by atoms with van der Waals surface area (Å²) in [4.78, 5) is 15.4. The van der Waals surface area contributed by atoms with Crippen molar-refractivity contribution in [1.29, 1.82) is 0 Å². The Kier molecular flexibility index (Phi) is 4.15. The second-order valence-electron chi connectivity index (χ2n) is 6.14. The summed E-state index contributed by atoms with van der Waals surface area (Å²) in [5.41, 5.74) is 5.20. The van der Waals surface area contributed by atoms with Crippen molar-refractivity contribution in [2.45, 2.75) is 6.18 Å². The molecule has 5 nitrogen and oxygen atoms in total. The number of nitrogens with zero attached hydrogens (tertiary/aromatic N) is 2. The molecule has 0 spiro atoms. The van der Waals surface area contributed by atoms with Gasteiger partial charge in [-0.25, -0.2) is 0 Å². The highest BCUT2D eigenvalue weighted by Gasteiger charge is 2.39. The number of aromatic nitrogens is 3. The fraction of sp³-hybridized carbons (Fsp3) is 0.0526. The van der Waals surface area contributed by atoms with Gasteiger partial charge in [0.25, 0.3) is 5.56 Å². The van der Waals surface area contributed by atoms with Gasteiger partial charge in [-0.2, -0.15) is 22.8 Å². The van der Waals surface area contributed by atoms with Gasteiger partial charge < -0.3 is 10.7 Å². The van der Waals surface area contributed by atoms with Crippen LogP contribution in [0, 0.1) is 0 Å². The van der Waals surface area contributed by atoms with Crippen molar-refractivity contribution in [3.05, 3.63) is 75.7 Å². The minimum atomic E-state index is -4.75. The van der Waals surface area contributed by atoms with E-state index in [9.17, 15) is 18.0 Å². The lowest BCUT2D eigenvalue weighted by atomic mass is 10.1. The molecule has 0 saturated heterocycles. The molecule has 0 saturated carbocycles. The molecular weight excluding hydrogens is 393 g/mol. The zero-order valence-electron chi connectivity index (χ0n) is 14.1. The first-order valence-corrected chi connectivity index (χ1v) is 8.47. The summed E-state index contributed by atoms with van der Waals surface area (Å²) in [6, 6.07) is 13.7. The highest BCUT2D eigenvalue weighted by atomic mass is 35.5. The van der Waals surface area contributed by atoms with Gasteiger partial charge in [-0.15, -0.1) is 0 Å². The SMILES string of the molecule is Nc1cccc(-c2cc(=O)n3nc(C(F)(F)F)c(-c4ccc(Cl)cc4)c3[nH]2)c1. The van der Waals surface area contributed by atoms with E-state index in [0.29, 0.717) is 26.5 Å². The van der Waals surface area contributed by atoms with E-state index in [1.165, 1.54) is 30.3 Å². The van der Waals surface area contributed by atoms with E-state index in [2.05, 4.69) is 10.1 Å². The third-order valence-corrected chi connectivity index (χ3v) is 4.47. The number of H-pyrrole nitrogens is 1. The molecule has 0 atom stereocenters. The number of halogens is 4. The fourth-order valence-corrected chi connectivity index (χ4v) is 3.12. The number of hydrogen-bond donors (Lipinski definition) is 2. The smallest absolute Gasteiger partial charge is 0.399 e. The number of anilines is 1. The Hall–Kier alpha value is -3.26. The molecular formula is C19H12ClF3N4O. The standard InChI is InChI=1S/C19H12ClF3N4O/c20-12-6-4-10(5-7-12)16-17(19(21,22)23)26-27-15(28)9-14(25-18(16)27)11-2-1-3-13(24)8-11/h1-9,25H,24H2. The van der Waals surface area contributed by atoms with Crippen LogP contribution in [0.15, 0.2) is 59.4 Å². The normalized spacial score (nSPS) is 11.9. The monoisotopic (exact) mass is 404 g/mol. The fourth-order valence-electron chi connectivity index (χ4n) is 2.99. The van der Waals surface area contributed by atoms with E-state index >= 15 is 0 Å². The van der Waals surface area contributed by atoms with Crippen LogP contribution in [0.5, 0.6) is 0 Å². The van der Waals surface area contributed by atoms with Gasteiger partial charge in [0.15, 0.2) is 5.69 Å². The average Bonchev–Trinajstić information content (AvgIpc) is 3.03. The molecule has 28 heavy (non-hydrogen) atoms. The molecule has 0 amide bonds. The molecule has 0 unspecified atom stereocenters. The Labute approximate surface area is 161 Å². The number of fused-ring (bicyclic) bond motifs is 1. The van der Waals surface area contributed by atoms with Crippen LogP contribution in [0.3, 0.4) is 0 Å². The topological polar surface area (TPSA) is 76.2 Å². The molecule has 3 N–H and O–H groups in total. The number of nitrogens with two attached hydrogens (primary N) is 1. The van der Waals surface area contributed by atoms with Crippen molar-refractivity contribution in [3.63, 3.8) is 0 Å². The van der Waals surface area contributed by atoms with Crippen molar-refractivity contribution in [3.8, 4) is 22.4 Å². The van der Waals surface area contributed by atoms with Gasteiger partial charge in [0.1, 0.15) is 5.65 Å². The first kappa shape index (κ1) is 18.1. The summed E-state index contributed by atoms with van der Waals surface area (Å²) in [7, 11) is 0. The van der Waals surface area contributed by atoms with E-state index in [-0.39, 0.29) is 16.8 Å². The van der Waals surface area contributed by atoms with E-state index in [0.717, 1.165) is 0 Å². The Morgan fingerprint density at radius 3 is 2.39 bits per heavy atom. The number of aromatic amines is 1. The summed E-state index contributed by atoms with van der Waals surface area (Å²) in [6.45, 7) is 0. The third-order valence-electron chi connectivity index (χ3n) is 4.21. The average molecular weight is 405 g/mol. The second kappa shape index (κ2) is 6.42. The largest absolute Gasteiger partial charge is 0.435 e. The Balaban J connectivity index is 2.07. The summed E-state index contributed by atoms with van der Waals surface area (Å²) in [5.74, 6) is 0. The summed E-state index contributed by atoms with van der Waals surface area (Å²) in [5, 5.41) is 3.90. The number of rotatable bonds is 2. The lowest BCUT2D eigenvalue weighted by molar-refractivity contribution is -0.140. The van der Waals surface area contributed by atoms with Crippen LogP contribution >= 0.6 is 11.6 Å². The first-order chi connectivity index (χ1) is 13.2. The number of nitrogens with one attached hydrogen (secondary N) is 1. The van der Waals surface area contributed by atoms with Crippen LogP contribution in [0.1, 0.15) is 5.69 Å². The summed E-state index contributed by atoms with van der Waals surface area (Å²) in [6.07, 6.45) is -4.75. The molecule has 2 heterocycles. The van der Waals surface area contributed by atoms with Gasteiger partial charge in [-0.1, -0.05) is 35.9 Å². The second-order valence-corrected chi connectivity index (χ2v) is 6.57. The van der Waals surface area contributed by atoms with Crippen molar-refractivity contribution < 1.29 is 13.2 Å². The zero-order chi connectivity index (χ0) is 20.1. The molecule has 9 heteroatoms. The highest BCUT2D eigenvalue weighted by molar-refractivity contribution is 6.30. The van der Waals surface area contributed by atoms with Gasteiger partial charge in [-0.3, -0.25) is 4.79 Å². The highest BCUT2D eigenvalue weighted by Crippen LogP contribution is 2.38. The Morgan fingerprint density at radius 2 is 1.75 bits per heavy atom. The first-order valence-electron chi connectivity index (χ1n) is 8.09. The van der Waals surface area contributed by atoms with Gasteiger partial charge in [0.05, 0.1) is 11.3 Å². The minimum absolute atomic E-state index is 0.0698.